The van der Waals surface area contributed by atoms with E-state index in [4.69, 9.17) is 26.1 Å². The first-order valence-electron chi connectivity index (χ1n) is 14.0. The second-order valence-electron chi connectivity index (χ2n) is 9.96. The molecule has 2 aliphatic heterocycles. The number of morpholine rings is 1. The minimum Gasteiger partial charge on any atom is -0.450 e. The molecule has 11 nitrogen and oxygen atoms in total. The monoisotopic (exact) mass is 635 g/mol. The first kappa shape index (κ1) is 30.6. The summed E-state index contributed by atoms with van der Waals surface area (Å²) in [7, 11) is -3.80. The molecule has 3 heterocycles. The van der Waals surface area contributed by atoms with Gasteiger partial charge in [-0.1, -0.05) is 29.0 Å². The predicted molar refractivity (Wildman–Crippen MR) is 162 cm³/mol. The first-order valence-corrected chi connectivity index (χ1v) is 16.6. The minimum atomic E-state index is -3.80. The van der Waals surface area contributed by atoms with Gasteiger partial charge in [-0.05, 0) is 49.7 Å². The van der Waals surface area contributed by atoms with Gasteiger partial charge in [0.2, 0.25) is 10.0 Å². The molecule has 2 fully saturated rings. The van der Waals surface area contributed by atoms with Crippen LogP contribution >= 0.6 is 22.9 Å². The summed E-state index contributed by atoms with van der Waals surface area (Å²) < 4.78 is 39.3. The zero-order valence-corrected chi connectivity index (χ0v) is 25.8. The van der Waals surface area contributed by atoms with Gasteiger partial charge in [0.1, 0.15) is 5.52 Å². The molecule has 2 aromatic carbocycles. The Morgan fingerprint density at radius 2 is 1.76 bits per heavy atom. The summed E-state index contributed by atoms with van der Waals surface area (Å²) in [6.07, 6.45) is 0.293. The number of aromatic nitrogens is 1. The number of benzene rings is 2. The molecule has 0 unspecified atom stereocenters. The summed E-state index contributed by atoms with van der Waals surface area (Å²) in [5.41, 5.74) is 1.01. The molecule has 2 aliphatic rings. The van der Waals surface area contributed by atoms with E-state index >= 15 is 0 Å². The number of para-hydroxylation sites is 1. The van der Waals surface area contributed by atoms with Gasteiger partial charge >= 0.3 is 6.09 Å². The number of anilines is 1. The molecule has 0 bridgehead atoms. The van der Waals surface area contributed by atoms with Crippen molar-refractivity contribution in [2.45, 2.75) is 18.2 Å². The van der Waals surface area contributed by atoms with E-state index in [-0.39, 0.29) is 43.6 Å². The van der Waals surface area contributed by atoms with Crippen molar-refractivity contribution in [1.29, 1.82) is 0 Å². The number of piperazine rings is 1. The van der Waals surface area contributed by atoms with Crippen LogP contribution in [0.25, 0.3) is 10.2 Å². The summed E-state index contributed by atoms with van der Waals surface area (Å²) in [6.45, 7) is 7.21. The molecule has 0 N–H and O–H groups in total. The van der Waals surface area contributed by atoms with Crippen molar-refractivity contribution >= 4 is 60.3 Å². The number of carbonyl (C=O) groups excluding carboxylic acids is 2. The van der Waals surface area contributed by atoms with Crippen molar-refractivity contribution in [3.05, 3.63) is 53.1 Å². The van der Waals surface area contributed by atoms with Crippen LogP contribution in [0.4, 0.5) is 9.93 Å². The van der Waals surface area contributed by atoms with Gasteiger partial charge in [-0.3, -0.25) is 14.6 Å². The summed E-state index contributed by atoms with van der Waals surface area (Å²) in [5, 5.41) is 1.06. The number of fused-ring (bicyclic) bond motifs is 1. The average molecular weight is 636 g/mol. The van der Waals surface area contributed by atoms with E-state index in [1.807, 2.05) is 12.1 Å². The molecule has 2 amide bonds. The van der Waals surface area contributed by atoms with E-state index in [0.717, 1.165) is 30.8 Å². The maximum absolute atomic E-state index is 13.8. The van der Waals surface area contributed by atoms with Gasteiger partial charge in [-0.25, -0.2) is 18.2 Å². The Labute approximate surface area is 254 Å². The van der Waals surface area contributed by atoms with E-state index in [1.165, 1.54) is 32.7 Å². The number of hydrogen-bond donors (Lipinski definition) is 0. The number of ether oxygens (including phenoxy) is 2. The van der Waals surface area contributed by atoms with Crippen molar-refractivity contribution in [2.75, 3.05) is 77.1 Å². The smallest absolute Gasteiger partial charge is 0.409 e. The molecule has 0 atom stereocenters. The molecule has 226 valence electrons. The molecule has 2 saturated heterocycles. The largest absolute Gasteiger partial charge is 0.450 e. The number of carbonyl (C=O) groups is 2. The average Bonchev–Trinajstić information content (AvgIpc) is 3.45. The molecule has 0 spiro atoms. The maximum Gasteiger partial charge on any atom is 0.409 e. The molecule has 3 aromatic rings. The van der Waals surface area contributed by atoms with Crippen molar-refractivity contribution in [3.8, 4) is 0 Å². The Hall–Kier alpha value is -2.81. The lowest BCUT2D eigenvalue weighted by Gasteiger charge is -2.33. The Morgan fingerprint density at radius 3 is 2.43 bits per heavy atom. The van der Waals surface area contributed by atoms with Crippen molar-refractivity contribution < 1.29 is 27.5 Å². The number of rotatable bonds is 9. The molecule has 0 aliphatic carbocycles. The van der Waals surface area contributed by atoms with Gasteiger partial charge in [-0.15, -0.1) is 0 Å². The summed E-state index contributed by atoms with van der Waals surface area (Å²) in [5.74, 6) is -0.265. The molecule has 1 aromatic heterocycles. The second-order valence-corrected chi connectivity index (χ2v) is 13.3. The highest BCUT2D eigenvalue weighted by molar-refractivity contribution is 7.89. The molecule has 14 heteroatoms. The number of halogens is 1. The fourth-order valence-corrected chi connectivity index (χ4v) is 7.69. The highest BCUT2D eigenvalue weighted by Gasteiger charge is 2.31. The van der Waals surface area contributed by atoms with Gasteiger partial charge in [0, 0.05) is 57.9 Å². The Morgan fingerprint density at radius 1 is 1.05 bits per heavy atom. The van der Waals surface area contributed by atoms with E-state index in [2.05, 4.69) is 4.90 Å². The first-order chi connectivity index (χ1) is 20.3. The maximum atomic E-state index is 13.8. The van der Waals surface area contributed by atoms with Gasteiger partial charge in [-0.2, -0.15) is 4.31 Å². The van der Waals surface area contributed by atoms with Crippen LogP contribution in [0.1, 0.15) is 23.7 Å². The fraction of sp³-hybridized carbons (Fsp3) is 0.464. The van der Waals surface area contributed by atoms with E-state index in [1.54, 1.807) is 30.0 Å². The SMILES string of the molecule is CCOC(=O)N1CCN(S(=O)(=O)c2ccc(C(=O)N(CCCN3CCOCC3)c3nc4c(Cl)cccc4s3)cc2)CC1. The number of sulfonamides is 1. The Bertz CT molecular complexity index is 1500. The van der Waals surface area contributed by atoms with Crippen molar-refractivity contribution in [1.82, 2.24) is 19.1 Å². The number of hydrogen-bond acceptors (Lipinski definition) is 9. The van der Waals surface area contributed by atoms with Crippen LogP contribution in [0.5, 0.6) is 0 Å². The van der Waals surface area contributed by atoms with Gasteiger partial charge in [0.05, 0.1) is 34.4 Å². The third-order valence-electron chi connectivity index (χ3n) is 7.30. The van der Waals surface area contributed by atoms with Crippen molar-refractivity contribution in [2.24, 2.45) is 0 Å². The number of nitrogens with zero attached hydrogens (tertiary/aromatic N) is 5. The normalized spacial score (nSPS) is 17.0. The minimum absolute atomic E-state index is 0.0919. The van der Waals surface area contributed by atoms with Gasteiger partial charge in [0.25, 0.3) is 5.91 Å². The summed E-state index contributed by atoms with van der Waals surface area (Å²) in [6, 6.07) is 11.5. The molecule has 0 radical (unpaired) electrons. The topological polar surface area (TPSA) is 113 Å². The zero-order chi connectivity index (χ0) is 29.7. The predicted octanol–water partition coefficient (Wildman–Crippen LogP) is 3.78. The van der Waals surface area contributed by atoms with Crippen LogP contribution < -0.4 is 4.90 Å². The van der Waals surface area contributed by atoms with Crippen LogP contribution in [-0.4, -0.2) is 112 Å². The lowest BCUT2D eigenvalue weighted by Crippen LogP contribution is -2.50. The van der Waals surface area contributed by atoms with E-state index in [9.17, 15) is 18.0 Å². The third kappa shape index (κ3) is 6.87. The molecule has 5 rings (SSSR count). The Balaban J connectivity index is 1.31. The summed E-state index contributed by atoms with van der Waals surface area (Å²) in [4.78, 5) is 36.0. The lowest BCUT2D eigenvalue weighted by atomic mass is 10.2. The van der Waals surface area contributed by atoms with Crippen LogP contribution in [-0.2, 0) is 19.5 Å². The second kappa shape index (κ2) is 13.7. The Kier molecular flexibility index (Phi) is 9.96. The standard InChI is InChI=1S/C28H34ClN5O6S2/c1-2-40-28(36)32-13-15-33(16-14-32)42(37,38)22-9-7-21(8-10-22)26(35)34(12-4-11-31-17-19-39-20-18-31)27-30-25-23(29)5-3-6-24(25)41-27/h3,5-10H,2,4,11-20H2,1H3. The third-order valence-corrected chi connectivity index (χ3v) is 10.6. The molecular formula is C28H34ClN5O6S2. The molecule has 42 heavy (non-hydrogen) atoms. The molecular weight excluding hydrogens is 602 g/mol. The van der Waals surface area contributed by atoms with Crippen LogP contribution in [0, 0.1) is 0 Å². The summed E-state index contributed by atoms with van der Waals surface area (Å²) >= 11 is 7.77. The quantitative estimate of drug-likeness (QED) is 0.349. The van der Waals surface area contributed by atoms with Crippen molar-refractivity contribution in [3.63, 3.8) is 0 Å². The van der Waals surface area contributed by atoms with E-state index in [0.29, 0.717) is 41.0 Å². The zero-order valence-electron chi connectivity index (χ0n) is 23.4. The van der Waals surface area contributed by atoms with Gasteiger partial charge < -0.3 is 14.4 Å². The van der Waals surface area contributed by atoms with Crippen LogP contribution in [0.15, 0.2) is 47.4 Å². The number of thiazole rings is 1. The molecule has 0 saturated carbocycles. The van der Waals surface area contributed by atoms with E-state index < -0.39 is 16.1 Å². The highest BCUT2D eigenvalue weighted by atomic mass is 35.5. The fourth-order valence-electron chi connectivity index (χ4n) is 4.98. The highest BCUT2D eigenvalue weighted by Crippen LogP contribution is 2.33. The van der Waals surface area contributed by atoms with Crippen LogP contribution in [0.3, 0.4) is 0 Å². The van der Waals surface area contributed by atoms with Crippen LogP contribution in [0.2, 0.25) is 5.02 Å². The number of amides is 2. The lowest BCUT2D eigenvalue weighted by molar-refractivity contribution is 0.0376. The van der Waals surface area contributed by atoms with Gasteiger partial charge in [0.15, 0.2) is 5.13 Å².